The van der Waals surface area contributed by atoms with Gasteiger partial charge in [0.25, 0.3) is 0 Å². The fourth-order valence-electron chi connectivity index (χ4n) is 2.35. The minimum absolute atomic E-state index is 0.330. The van der Waals surface area contributed by atoms with Crippen LogP contribution in [-0.2, 0) is 0 Å². The van der Waals surface area contributed by atoms with Gasteiger partial charge in [-0.05, 0) is 28.8 Å². The van der Waals surface area contributed by atoms with E-state index in [0.717, 1.165) is 23.8 Å². The highest BCUT2D eigenvalue weighted by Crippen LogP contribution is 2.20. The zero-order valence-electron chi connectivity index (χ0n) is 11.9. The lowest BCUT2D eigenvalue weighted by molar-refractivity contribution is 0.140. The average molecular weight is 273 g/mol. The summed E-state index contributed by atoms with van der Waals surface area (Å²) in [5.74, 6) is 0. The van der Waals surface area contributed by atoms with Gasteiger partial charge in [0.2, 0.25) is 0 Å². The Morgan fingerprint density at radius 2 is 1.75 bits per heavy atom. The Kier molecular flexibility index (Phi) is 5.53. The molecule has 0 heterocycles. The van der Waals surface area contributed by atoms with E-state index in [4.69, 9.17) is 0 Å². The van der Waals surface area contributed by atoms with Crippen LogP contribution in [0.3, 0.4) is 0 Å². The van der Waals surface area contributed by atoms with E-state index in [1.54, 1.807) is 0 Å². The van der Waals surface area contributed by atoms with Gasteiger partial charge >= 0.3 is 0 Å². The summed E-state index contributed by atoms with van der Waals surface area (Å²) in [5.41, 5.74) is 0.904. The highest BCUT2D eigenvalue weighted by molar-refractivity contribution is 5.83. The predicted molar refractivity (Wildman–Crippen MR) is 82.7 cm³/mol. The van der Waals surface area contributed by atoms with E-state index < -0.39 is 6.10 Å². The smallest absolute Gasteiger partial charge is 0.0914 e. The van der Waals surface area contributed by atoms with Gasteiger partial charge in [0.05, 0.1) is 12.2 Å². The lowest BCUT2D eigenvalue weighted by Gasteiger charge is -2.15. The third kappa shape index (κ3) is 4.04. The molecular weight excluding hydrogens is 250 g/mol. The fraction of sp³-hybridized carbons (Fsp3) is 0.412. The minimum atomic E-state index is -0.548. The summed E-state index contributed by atoms with van der Waals surface area (Å²) in [7, 11) is 0. The standard InChI is InChI=1S/C17H23NO2/c1-2-5-16(19)11-18-12-17(20)15-9-8-13-6-3-4-7-14(13)10-15/h3-4,6-10,16-20H,2,5,11-12H2,1H3. The van der Waals surface area contributed by atoms with Gasteiger partial charge in [-0.1, -0.05) is 49.7 Å². The molecule has 0 aliphatic rings. The van der Waals surface area contributed by atoms with E-state index in [0.29, 0.717) is 13.1 Å². The Morgan fingerprint density at radius 3 is 2.50 bits per heavy atom. The lowest BCUT2D eigenvalue weighted by atomic mass is 10.0. The van der Waals surface area contributed by atoms with Crippen LogP contribution in [0.25, 0.3) is 10.8 Å². The molecule has 0 amide bonds. The molecule has 3 heteroatoms. The van der Waals surface area contributed by atoms with Crippen molar-refractivity contribution < 1.29 is 10.2 Å². The van der Waals surface area contributed by atoms with E-state index >= 15 is 0 Å². The number of aliphatic hydroxyl groups is 2. The van der Waals surface area contributed by atoms with Gasteiger partial charge in [-0.25, -0.2) is 0 Å². The molecule has 0 radical (unpaired) electrons. The largest absolute Gasteiger partial charge is 0.392 e. The van der Waals surface area contributed by atoms with E-state index in [-0.39, 0.29) is 6.10 Å². The molecule has 0 aliphatic carbocycles. The van der Waals surface area contributed by atoms with Crippen molar-refractivity contribution >= 4 is 10.8 Å². The third-order valence-electron chi connectivity index (χ3n) is 3.50. The number of benzene rings is 2. The van der Waals surface area contributed by atoms with Crippen LogP contribution in [0, 0.1) is 0 Å². The topological polar surface area (TPSA) is 52.5 Å². The first kappa shape index (κ1) is 15.0. The molecule has 0 saturated heterocycles. The van der Waals surface area contributed by atoms with Gasteiger partial charge in [-0.3, -0.25) is 0 Å². The summed E-state index contributed by atoms with van der Waals surface area (Å²) in [6.07, 6.45) is 0.882. The lowest BCUT2D eigenvalue weighted by Crippen LogP contribution is -2.30. The maximum atomic E-state index is 10.2. The van der Waals surface area contributed by atoms with E-state index in [9.17, 15) is 10.2 Å². The minimum Gasteiger partial charge on any atom is -0.392 e. The van der Waals surface area contributed by atoms with Crippen LogP contribution >= 0.6 is 0 Å². The Hall–Kier alpha value is -1.42. The van der Waals surface area contributed by atoms with Crippen LogP contribution in [0.2, 0.25) is 0 Å². The summed E-state index contributed by atoms with van der Waals surface area (Å²) >= 11 is 0. The van der Waals surface area contributed by atoms with Gasteiger partial charge in [0.1, 0.15) is 0 Å². The zero-order chi connectivity index (χ0) is 14.4. The van der Waals surface area contributed by atoms with Crippen LogP contribution in [0.4, 0.5) is 0 Å². The van der Waals surface area contributed by atoms with E-state index in [1.807, 2.05) is 43.3 Å². The van der Waals surface area contributed by atoms with Crippen LogP contribution in [0.5, 0.6) is 0 Å². The summed E-state index contributed by atoms with van der Waals surface area (Å²) in [6, 6.07) is 14.1. The Morgan fingerprint density at radius 1 is 1.00 bits per heavy atom. The van der Waals surface area contributed by atoms with Gasteiger partial charge in [0.15, 0.2) is 0 Å². The van der Waals surface area contributed by atoms with Crippen molar-refractivity contribution in [3.63, 3.8) is 0 Å². The SMILES string of the molecule is CCCC(O)CNCC(O)c1ccc2ccccc2c1. The van der Waals surface area contributed by atoms with Gasteiger partial charge in [-0.2, -0.15) is 0 Å². The molecule has 2 atom stereocenters. The van der Waals surface area contributed by atoms with Crippen molar-refractivity contribution in [1.82, 2.24) is 5.32 Å². The summed E-state index contributed by atoms with van der Waals surface area (Å²) < 4.78 is 0. The quantitative estimate of drug-likeness (QED) is 0.727. The molecule has 0 bridgehead atoms. The molecule has 0 spiro atoms. The number of nitrogens with one attached hydrogen (secondary N) is 1. The maximum absolute atomic E-state index is 10.2. The second-order valence-electron chi connectivity index (χ2n) is 5.22. The average Bonchev–Trinajstić information content (AvgIpc) is 2.47. The summed E-state index contributed by atoms with van der Waals surface area (Å²) in [6.45, 7) is 3.03. The van der Waals surface area contributed by atoms with Crippen LogP contribution in [0.15, 0.2) is 42.5 Å². The molecular formula is C17H23NO2. The molecule has 2 rings (SSSR count). The summed E-state index contributed by atoms with van der Waals surface area (Å²) in [4.78, 5) is 0. The molecule has 20 heavy (non-hydrogen) atoms. The Bertz CT molecular complexity index is 541. The number of aliphatic hydroxyl groups excluding tert-OH is 2. The number of hydrogen-bond acceptors (Lipinski definition) is 3. The molecule has 3 N–H and O–H groups in total. The van der Waals surface area contributed by atoms with Crippen LogP contribution < -0.4 is 5.32 Å². The van der Waals surface area contributed by atoms with Crippen molar-refractivity contribution in [2.75, 3.05) is 13.1 Å². The highest BCUT2D eigenvalue weighted by Gasteiger charge is 2.09. The van der Waals surface area contributed by atoms with Gasteiger partial charge in [-0.15, -0.1) is 0 Å². The fourth-order valence-corrected chi connectivity index (χ4v) is 2.35. The van der Waals surface area contributed by atoms with Crippen LogP contribution in [0.1, 0.15) is 31.4 Å². The number of rotatable bonds is 7. The second-order valence-corrected chi connectivity index (χ2v) is 5.22. The van der Waals surface area contributed by atoms with Crippen molar-refractivity contribution in [3.8, 4) is 0 Å². The molecule has 3 nitrogen and oxygen atoms in total. The second kappa shape index (κ2) is 7.39. The summed E-state index contributed by atoms with van der Waals surface area (Å²) in [5, 5.41) is 25.2. The first-order valence-electron chi connectivity index (χ1n) is 7.26. The first-order chi connectivity index (χ1) is 9.70. The van der Waals surface area contributed by atoms with Crippen molar-refractivity contribution in [2.24, 2.45) is 0 Å². The molecule has 108 valence electrons. The van der Waals surface area contributed by atoms with E-state index in [1.165, 1.54) is 5.39 Å². The molecule has 0 aliphatic heterocycles. The molecule has 0 saturated carbocycles. The number of fused-ring (bicyclic) bond motifs is 1. The zero-order valence-corrected chi connectivity index (χ0v) is 11.9. The van der Waals surface area contributed by atoms with Crippen molar-refractivity contribution in [2.45, 2.75) is 32.0 Å². The van der Waals surface area contributed by atoms with E-state index in [2.05, 4.69) is 11.4 Å². The molecule has 0 fully saturated rings. The maximum Gasteiger partial charge on any atom is 0.0914 e. The normalized spacial score (nSPS) is 14.3. The molecule has 2 aromatic carbocycles. The monoisotopic (exact) mass is 273 g/mol. The van der Waals surface area contributed by atoms with Crippen molar-refractivity contribution in [3.05, 3.63) is 48.0 Å². The van der Waals surface area contributed by atoms with Crippen molar-refractivity contribution in [1.29, 1.82) is 0 Å². The van der Waals surface area contributed by atoms with Gasteiger partial charge in [0, 0.05) is 13.1 Å². The molecule has 0 aromatic heterocycles. The number of hydrogen-bond donors (Lipinski definition) is 3. The van der Waals surface area contributed by atoms with Gasteiger partial charge < -0.3 is 15.5 Å². The predicted octanol–water partition coefficient (Wildman–Crippen LogP) is 2.62. The third-order valence-corrected chi connectivity index (χ3v) is 3.50. The Labute approximate surface area is 120 Å². The highest BCUT2D eigenvalue weighted by atomic mass is 16.3. The molecule has 2 unspecified atom stereocenters. The van der Waals surface area contributed by atoms with Crippen LogP contribution in [-0.4, -0.2) is 29.4 Å². The first-order valence-corrected chi connectivity index (χ1v) is 7.26. The Balaban J connectivity index is 1.92. The molecule has 2 aromatic rings.